The van der Waals surface area contributed by atoms with Crippen LogP contribution in [0.3, 0.4) is 0 Å². The average Bonchev–Trinajstić information content (AvgIpc) is 2.96. The van der Waals surface area contributed by atoms with Gasteiger partial charge in [-0.25, -0.2) is 0 Å². The molecular weight excluding hydrogens is 226 g/mol. The van der Waals surface area contributed by atoms with Gasteiger partial charge in [0.1, 0.15) is 0 Å². The third-order valence-electron chi connectivity index (χ3n) is 2.96. The van der Waals surface area contributed by atoms with Gasteiger partial charge in [-0.1, -0.05) is 0 Å². The topological polar surface area (TPSA) is 58.5 Å². The van der Waals surface area contributed by atoms with Crippen molar-refractivity contribution in [2.75, 3.05) is 0 Å². The fourth-order valence-electron chi connectivity index (χ4n) is 1.70. The van der Waals surface area contributed by atoms with Crippen LogP contribution in [0.4, 0.5) is 0 Å². The van der Waals surface area contributed by atoms with Crippen LogP contribution in [0, 0.1) is 0 Å². The number of hydrogen-bond donors (Lipinski definition) is 2. The summed E-state index contributed by atoms with van der Waals surface area (Å²) in [5.74, 6) is 0. The van der Waals surface area contributed by atoms with E-state index in [0.717, 1.165) is 6.54 Å². The summed E-state index contributed by atoms with van der Waals surface area (Å²) >= 11 is 0. The Hall–Kier alpha value is -1.62. The predicted molar refractivity (Wildman–Crippen MR) is 71.1 cm³/mol. The van der Waals surface area contributed by atoms with Crippen molar-refractivity contribution < 1.29 is 0 Å². The molecule has 0 aliphatic rings. The van der Waals surface area contributed by atoms with Crippen molar-refractivity contribution in [1.82, 2.24) is 25.3 Å². The second kappa shape index (κ2) is 4.94. The predicted octanol–water partition coefficient (Wildman–Crippen LogP) is 2.21. The standard InChI is InChI=1S/C13H21N5/c1-10(12-7-15-16-8-12)14-5-11-6-17-18(9-11)13(2,3)4/h6-10,14H,5H2,1-4H3,(H,15,16). The van der Waals surface area contributed by atoms with Crippen LogP contribution < -0.4 is 5.32 Å². The van der Waals surface area contributed by atoms with E-state index >= 15 is 0 Å². The van der Waals surface area contributed by atoms with E-state index in [1.165, 1.54) is 11.1 Å². The molecule has 2 N–H and O–H groups in total. The zero-order chi connectivity index (χ0) is 13.2. The van der Waals surface area contributed by atoms with Gasteiger partial charge in [-0.15, -0.1) is 0 Å². The molecule has 5 nitrogen and oxygen atoms in total. The van der Waals surface area contributed by atoms with Crippen molar-refractivity contribution in [1.29, 1.82) is 0 Å². The maximum absolute atomic E-state index is 4.39. The zero-order valence-electron chi connectivity index (χ0n) is 11.4. The minimum absolute atomic E-state index is 0.0361. The van der Waals surface area contributed by atoms with Gasteiger partial charge >= 0.3 is 0 Å². The van der Waals surface area contributed by atoms with E-state index in [0.29, 0.717) is 0 Å². The minimum atomic E-state index is 0.0361. The van der Waals surface area contributed by atoms with Crippen molar-refractivity contribution in [2.24, 2.45) is 0 Å². The molecule has 0 aliphatic heterocycles. The summed E-state index contributed by atoms with van der Waals surface area (Å²) in [6.07, 6.45) is 7.77. The van der Waals surface area contributed by atoms with E-state index in [1.807, 2.05) is 23.3 Å². The lowest BCUT2D eigenvalue weighted by atomic mass is 10.1. The second-order valence-electron chi connectivity index (χ2n) is 5.60. The van der Waals surface area contributed by atoms with Gasteiger partial charge in [0, 0.05) is 36.1 Å². The summed E-state index contributed by atoms with van der Waals surface area (Å²) in [4.78, 5) is 0. The third kappa shape index (κ3) is 2.98. The van der Waals surface area contributed by atoms with Crippen LogP contribution >= 0.6 is 0 Å². The monoisotopic (exact) mass is 247 g/mol. The highest BCUT2D eigenvalue weighted by Crippen LogP contribution is 2.14. The van der Waals surface area contributed by atoms with E-state index in [-0.39, 0.29) is 11.6 Å². The maximum atomic E-state index is 4.39. The van der Waals surface area contributed by atoms with E-state index in [9.17, 15) is 0 Å². The Bertz CT molecular complexity index is 478. The Morgan fingerprint density at radius 1 is 1.39 bits per heavy atom. The first kappa shape index (κ1) is 12.8. The van der Waals surface area contributed by atoms with Crippen molar-refractivity contribution >= 4 is 0 Å². The van der Waals surface area contributed by atoms with Gasteiger partial charge in [-0.2, -0.15) is 10.2 Å². The molecule has 0 saturated heterocycles. The number of nitrogens with zero attached hydrogens (tertiary/aromatic N) is 3. The van der Waals surface area contributed by atoms with Crippen LogP contribution in [-0.4, -0.2) is 20.0 Å². The minimum Gasteiger partial charge on any atom is -0.306 e. The fourth-order valence-corrected chi connectivity index (χ4v) is 1.70. The summed E-state index contributed by atoms with van der Waals surface area (Å²) in [6.45, 7) is 9.36. The second-order valence-corrected chi connectivity index (χ2v) is 5.60. The lowest BCUT2D eigenvalue weighted by Crippen LogP contribution is -2.22. The first-order chi connectivity index (χ1) is 8.47. The van der Waals surface area contributed by atoms with Gasteiger partial charge in [0.2, 0.25) is 0 Å². The van der Waals surface area contributed by atoms with Gasteiger partial charge < -0.3 is 5.32 Å². The van der Waals surface area contributed by atoms with Crippen LogP contribution in [-0.2, 0) is 12.1 Å². The van der Waals surface area contributed by atoms with Gasteiger partial charge in [0.05, 0.1) is 17.9 Å². The molecule has 0 aliphatic carbocycles. The molecule has 2 aromatic rings. The fraction of sp³-hybridized carbons (Fsp3) is 0.538. The van der Waals surface area contributed by atoms with E-state index in [2.05, 4.69) is 54.5 Å². The largest absolute Gasteiger partial charge is 0.306 e. The Kier molecular flexibility index (Phi) is 3.52. The first-order valence-electron chi connectivity index (χ1n) is 6.23. The van der Waals surface area contributed by atoms with Crippen molar-refractivity contribution in [3.63, 3.8) is 0 Å². The Labute approximate surface area is 108 Å². The van der Waals surface area contributed by atoms with Crippen LogP contribution in [0.25, 0.3) is 0 Å². The molecule has 0 bridgehead atoms. The molecule has 18 heavy (non-hydrogen) atoms. The van der Waals surface area contributed by atoms with E-state index in [1.54, 1.807) is 0 Å². The summed E-state index contributed by atoms with van der Waals surface area (Å²) in [5.41, 5.74) is 2.40. The molecule has 0 radical (unpaired) electrons. The normalized spacial score (nSPS) is 13.8. The first-order valence-corrected chi connectivity index (χ1v) is 6.23. The molecule has 5 heteroatoms. The molecule has 0 fully saturated rings. The molecule has 0 amide bonds. The molecule has 0 aromatic carbocycles. The Morgan fingerprint density at radius 2 is 2.17 bits per heavy atom. The molecule has 2 aromatic heterocycles. The highest BCUT2D eigenvalue weighted by Gasteiger charge is 2.14. The molecule has 2 rings (SSSR count). The molecular formula is C13H21N5. The summed E-state index contributed by atoms with van der Waals surface area (Å²) < 4.78 is 1.99. The third-order valence-corrected chi connectivity index (χ3v) is 2.96. The van der Waals surface area contributed by atoms with Crippen LogP contribution in [0.15, 0.2) is 24.8 Å². The van der Waals surface area contributed by atoms with Crippen molar-refractivity contribution in [2.45, 2.75) is 45.8 Å². The van der Waals surface area contributed by atoms with E-state index < -0.39 is 0 Å². The maximum Gasteiger partial charge on any atom is 0.0543 e. The summed E-state index contributed by atoms with van der Waals surface area (Å²) in [5, 5.41) is 14.6. The van der Waals surface area contributed by atoms with Crippen LogP contribution in [0.2, 0.25) is 0 Å². The van der Waals surface area contributed by atoms with Gasteiger partial charge in [0.15, 0.2) is 0 Å². The Morgan fingerprint density at radius 3 is 2.72 bits per heavy atom. The molecule has 98 valence electrons. The summed E-state index contributed by atoms with van der Waals surface area (Å²) in [6, 6.07) is 0.279. The highest BCUT2D eigenvalue weighted by molar-refractivity contribution is 5.10. The lowest BCUT2D eigenvalue weighted by molar-refractivity contribution is 0.355. The average molecular weight is 247 g/mol. The molecule has 0 spiro atoms. The lowest BCUT2D eigenvalue weighted by Gasteiger charge is -2.18. The Balaban J connectivity index is 1.93. The number of rotatable bonds is 4. The van der Waals surface area contributed by atoms with E-state index in [4.69, 9.17) is 0 Å². The number of hydrogen-bond acceptors (Lipinski definition) is 3. The number of nitrogens with one attached hydrogen (secondary N) is 2. The van der Waals surface area contributed by atoms with Gasteiger partial charge in [0.25, 0.3) is 0 Å². The van der Waals surface area contributed by atoms with Crippen LogP contribution in [0.5, 0.6) is 0 Å². The molecule has 0 saturated carbocycles. The van der Waals surface area contributed by atoms with Crippen LogP contribution in [0.1, 0.15) is 44.9 Å². The molecule has 1 unspecified atom stereocenters. The summed E-state index contributed by atoms with van der Waals surface area (Å²) in [7, 11) is 0. The SMILES string of the molecule is CC(NCc1cnn(C(C)(C)C)c1)c1cn[nH]c1. The smallest absolute Gasteiger partial charge is 0.0543 e. The van der Waals surface area contributed by atoms with Crippen molar-refractivity contribution in [3.05, 3.63) is 35.9 Å². The number of aromatic amines is 1. The quantitative estimate of drug-likeness (QED) is 0.871. The van der Waals surface area contributed by atoms with Crippen molar-refractivity contribution in [3.8, 4) is 0 Å². The zero-order valence-corrected chi connectivity index (χ0v) is 11.4. The van der Waals surface area contributed by atoms with Gasteiger partial charge in [-0.05, 0) is 27.7 Å². The van der Waals surface area contributed by atoms with Gasteiger partial charge in [-0.3, -0.25) is 9.78 Å². The highest BCUT2D eigenvalue weighted by atomic mass is 15.3. The number of aromatic nitrogens is 4. The molecule has 1 atom stereocenters. The number of H-pyrrole nitrogens is 1. The molecule has 2 heterocycles.